The summed E-state index contributed by atoms with van der Waals surface area (Å²) in [7, 11) is 0. The third-order valence-electron chi connectivity index (χ3n) is 4.89. The Morgan fingerprint density at radius 1 is 1.18 bits per heavy atom. The van der Waals surface area contributed by atoms with Gasteiger partial charge in [0.05, 0.1) is 5.69 Å². The molecule has 1 aromatic carbocycles. The zero-order chi connectivity index (χ0) is 19.5. The number of carbonyl (C=O) groups is 2. The van der Waals surface area contributed by atoms with Crippen LogP contribution in [0.5, 0.6) is 0 Å². The van der Waals surface area contributed by atoms with E-state index in [4.69, 9.17) is 4.52 Å². The molecule has 1 aliphatic heterocycles. The summed E-state index contributed by atoms with van der Waals surface area (Å²) in [5.74, 6) is 0.814. The molecule has 3 heterocycles. The predicted octanol–water partition coefficient (Wildman–Crippen LogP) is 3.66. The van der Waals surface area contributed by atoms with Gasteiger partial charge in [0.15, 0.2) is 0 Å². The van der Waals surface area contributed by atoms with Crippen molar-refractivity contribution in [3.05, 3.63) is 41.8 Å². The molecule has 28 heavy (non-hydrogen) atoms. The highest BCUT2D eigenvalue weighted by Gasteiger charge is 2.27. The molecule has 0 aliphatic carbocycles. The van der Waals surface area contributed by atoms with Crippen molar-refractivity contribution < 1.29 is 14.1 Å². The number of nitrogens with zero attached hydrogens (tertiary/aromatic N) is 3. The number of likely N-dealkylation sites (tertiary alicyclic amines) is 1. The monoisotopic (exact) mass is 396 g/mol. The fourth-order valence-corrected chi connectivity index (χ4v) is 4.05. The van der Waals surface area contributed by atoms with Crippen molar-refractivity contribution >= 4 is 28.8 Å². The molecule has 144 valence electrons. The zero-order valence-corrected chi connectivity index (χ0v) is 16.2. The molecule has 0 saturated carbocycles. The Morgan fingerprint density at radius 3 is 2.64 bits per heavy atom. The maximum absolute atomic E-state index is 12.7. The zero-order valence-electron chi connectivity index (χ0n) is 15.4. The van der Waals surface area contributed by atoms with Crippen molar-refractivity contribution in [2.45, 2.75) is 19.8 Å². The molecule has 1 fully saturated rings. The summed E-state index contributed by atoms with van der Waals surface area (Å²) >= 11 is 1.44. The molecule has 3 aromatic rings. The van der Waals surface area contributed by atoms with E-state index in [-0.39, 0.29) is 17.7 Å². The van der Waals surface area contributed by atoms with Crippen molar-refractivity contribution in [3.63, 3.8) is 0 Å². The third-order valence-corrected chi connectivity index (χ3v) is 5.79. The van der Waals surface area contributed by atoms with Crippen LogP contribution in [0.3, 0.4) is 0 Å². The number of hydrogen-bond donors (Lipinski definition) is 1. The minimum Gasteiger partial charge on any atom is -0.343 e. The summed E-state index contributed by atoms with van der Waals surface area (Å²) < 4.78 is 5.43. The fourth-order valence-electron chi connectivity index (χ4n) is 3.28. The number of amides is 2. The smallest absolute Gasteiger partial charge is 0.270 e. The third kappa shape index (κ3) is 3.82. The average Bonchev–Trinajstić information content (AvgIpc) is 3.38. The Balaban J connectivity index is 1.46. The van der Waals surface area contributed by atoms with E-state index in [2.05, 4.69) is 15.5 Å². The van der Waals surface area contributed by atoms with Gasteiger partial charge >= 0.3 is 0 Å². The maximum Gasteiger partial charge on any atom is 0.270 e. The van der Waals surface area contributed by atoms with Gasteiger partial charge in [-0.25, -0.2) is 0 Å². The van der Waals surface area contributed by atoms with Crippen LogP contribution in [0.25, 0.3) is 22.2 Å². The lowest BCUT2D eigenvalue weighted by Crippen LogP contribution is -2.40. The van der Waals surface area contributed by atoms with Gasteiger partial charge < -0.3 is 14.7 Å². The van der Waals surface area contributed by atoms with Crippen LogP contribution in [-0.4, -0.2) is 39.9 Å². The second kappa shape index (κ2) is 7.93. The normalized spacial score (nSPS) is 14.8. The number of carbonyl (C=O) groups excluding carboxylic acids is 2. The highest BCUT2D eigenvalue weighted by molar-refractivity contribution is 7.14. The minimum atomic E-state index is -0.106. The van der Waals surface area contributed by atoms with Crippen LogP contribution in [0.15, 0.2) is 46.3 Å². The number of thiophene rings is 1. The van der Waals surface area contributed by atoms with Crippen LogP contribution >= 0.6 is 11.3 Å². The van der Waals surface area contributed by atoms with Gasteiger partial charge in [-0.1, -0.05) is 35.5 Å². The molecular weight excluding hydrogens is 376 g/mol. The summed E-state index contributed by atoms with van der Waals surface area (Å²) in [5.41, 5.74) is 1.55. The molecule has 2 aromatic heterocycles. The first-order valence-electron chi connectivity index (χ1n) is 9.15. The van der Waals surface area contributed by atoms with Gasteiger partial charge in [0, 0.05) is 31.5 Å². The number of rotatable bonds is 4. The molecule has 0 atom stereocenters. The van der Waals surface area contributed by atoms with Gasteiger partial charge in [-0.2, -0.15) is 4.98 Å². The summed E-state index contributed by atoms with van der Waals surface area (Å²) in [5, 5.41) is 8.92. The number of nitrogens with one attached hydrogen (secondary N) is 1. The molecule has 1 aliphatic rings. The Kier molecular flexibility index (Phi) is 5.21. The highest BCUT2D eigenvalue weighted by atomic mass is 32.1. The molecule has 4 rings (SSSR count). The molecule has 0 radical (unpaired) electrons. The van der Waals surface area contributed by atoms with E-state index in [1.165, 1.54) is 11.3 Å². The standard InChI is InChI=1S/C20H20N4O3S/c1-13(25)24-10-7-15(8-11-24)19(26)21-16-9-12-28-17(16)20-22-18(23-27-20)14-5-3-2-4-6-14/h2-6,9,12,15H,7-8,10-11H2,1H3,(H,21,26). The minimum absolute atomic E-state index is 0.0364. The maximum atomic E-state index is 12.7. The average molecular weight is 396 g/mol. The first-order valence-corrected chi connectivity index (χ1v) is 10.0. The van der Waals surface area contributed by atoms with E-state index < -0.39 is 0 Å². The number of aromatic nitrogens is 2. The quantitative estimate of drug-likeness (QED) is 0.727. The van der Waals surface area contributed by atoms with Crippen LogP contribution in [0, 0.1) is 5.92 Å². The second-order valence-corrected chi connectivity index (χ2v) is 7.64. The summed E-state index contributed by atoms with van der Waals surface area (Å²) in [6.07, 6.45) is 1.34. The van der Waals surface area contributed by atoms with Gasteiger partial charge in [-0.3, -0.25) is 9.59 Å². The van der Waals surface area contributed by atoms with Gasteiger partial charge in [-0.15, -0.1) is 11.3 Å². The molecule has 0 unspecified atom stereocenters. The van der Waals surface area contributed by atoms with E-state index in [1.54, 1.807) is 11.8 Å². The van der Waals surface area contributed by atoms with E-state index in [9.17, 15) is 9.59 Å². The van der Waals surface area contributed by atoms with Crippen molar-refractivity contribution in [3.8, 4) is 22.2 Å². The first kappa shape index (κ1) is 18.4. The van der Waals surface area contributed by atoms with Crippen LogP contribution in [-0.2, 0) is 9.59 Å². The van der Waals surface area contributed by atoms with E-state index >= 15 is 0 Å². The Labute approximate surface area is 166 Å². The van der Waals surface area contributed by atoms with Gasteiger partial charge in [0.2, 0.25) is 17.6 Å². The lowest BCUT2D eigenvalue weighted by molar-refractivity contribution is -0.132. The van der Waals surface area contributed by atoms with Crippen LogP contribution in [0.1, 0.15) is 19.8 Å². The molecule has 7 nitrogen and oxygen atoms in total. The molecule has 1 saturated heterocycles. The Hall–Kier alpha value is -3.00. The SMILES string of the molecule is CC(=O)N1CCC(C(=O)Nc2ccsc2-c2nc(-c3ccccc3)no2)CC1. The highest BCUT2D eigenvalue weighted by Crippen LogP contribution is 2.34. The van der Waals surface area contributed by atoms with E-state index in [0.29, 0.717) is 43.3 Å². The van der Waals surface area contributed by atoms with Crippen molar-refractivity contribution in [1.29, 1.82) is 0 Å². The van der Waals surface area contributed by atoms with Crippen LogP contribution < -0.4 is 5.32 Å². The second-order valence-electron chi connectivity index (χ2n) is 6.72. The lowest BCUT2D eigenvalue weighted by Gasteiger charge is -2.30. The lowest BCUT2D eigenvalue weighted by atomic mass is 9.96. The number of piperidine rings is 1. The van der Waals surface area contributed by atoms with Crippen LogP contribution in [0.4, 0.5) is 5.69 Å². The Bertz CT molecular complexity index is 974. The molecule has 0 spiro atoms. The van der Waals surface area contributed by atoms with Gasteiger partial charge in [0.25, 0.3) is 5.89 Å². The van der Waals surface area contributed by atoms with Gasteiger partial charge in [0.1, 0.15) is 4.88 Å². The summed E-state index contributed by atoms with van der Waals surface area (Å²) in [4.78, 5) is 31.1. The molecule has 1 N–H and O–H groups in total. The fraction of sp³-hybridized carbons (Fsp3) is 0.300. The van der Waals surface area contributed by atoms with Crippen molar-refractivity contribution in [1.82, 2.24) is 15.0 Å². The molecule has 0 bridgehead atoms. The first-order chi connectivity index (χ1) is 13.6. The molecular formula is C20H20N4O3S. The number of benzene rings is 1. The van der Waals surface area contributed by atoms with Crippen molar-refractivity contribution in [2.75, 3.05) is 18.4 Å². The van der Waals surface area contributed by atoms with E-state index in [1.807, 2.05) is 41.8 Å². The molecule has 2 amide bonds. The van der Waals surface area contributed by atoms with Crippen molar-refractivity contribution in [2.24, 2.45) is 5.92 Å². The largest absolute Gasteiger partial charge is 0.343 e. The Morgan fingerprint density at radius 2 is 1.93 bits per heavy atom. The van der Waals surface area contributed by atoms with E-state index in [0.717, 1.165) is 10.4 Å². The predicted molar refractivity (Wildman–Crippen MR) is 107 cm³/mol. The number of hydrogen-bond acceptors (Lipinski definition) is 6. The molecule has 8 heteroatoms. The summed E-state index contributed by atoms with van der Waals surface area (Å²) in [6.45, 7) is 2.80. The topological polar surface area (TPSA) is 88.3 Å². The van der Waals surface area contributed by atoms with Gasteiger partial charge in [-0.05, 0) is 24.3 Å². The summed E-state index contributed by atoms with van der Waals surface area (Å²) in [6, 6.07) is 11.4. The van der Waals surface area contributed by atoms with Crippen LogP contribution in [0.2, 0.25) is 0 Å². The number of anilines is 1.